The van der Waals surface area contributed by atoms with Gasteiger partial charge in [-0.3, -0.25) is 9.59 Å². The van der Waals surface area contributed by atoms with Gasteiger partial charge in [-0.2, -0.15) is 0 Å². The van der Waals surface area contributed by atoms with Crippen molar-refractivity contribution in [1.82, 2.24) is 10.2 Å². The second kappa shape index (κ2) is 13.8. The van der Waals surface area contributed by atoms with Crippen LogP contribution in [0, 0.1) is 0 Å². The SMILES string of the molecule is CC[C@@H](C(=O)NC1CCCCC1)N(Cc1ccc(Cl)cc1Cl)C(=O)CC(c1ccccc1)c1ccccc1. The maximum Gasteiger partial charge on any atom is 0.243 e. The van der Waals surface area contributed by atoms with Crippen molar-refractivity contribution in [3.63, 3.8) is 0 Å². The highest BCUT2D eigenvalue weighted by atomic mass is 35.5. The van der Waals surface area contributed by atoms with E-state index in [4.69, 9.17) is 23.2 Å². The molecule has 0 saturated heterocycles. The maximum atomic E-state index is 14.2. The zero-order valence-corrected chi connectivity index (χ0v) is 23.4. The summed E-state index contributed by atoms with van der Waals surface area (Å²) in [5.74, 6) is -0.305. The minimum atomic E-state index is -0.594. The van der Waals surface area contributed by atoms with Gasteiger partial charge in [-0.15, -0.1) is 0 Å². The van der Waals surface area contributed by atoms with Crippen molar-refractivity contribution in [2.45, 2.75) is 76.4 Å². The van der Waals surface area contributed by atoms with Gasteiger partial charge in [0, 0.05) is 35.0 Å². The first-order valence-corrected chi connectivity index (χ1v) is 14.4. The highest BCUT2D eigenvalue weighted by molar-refractivity contribution is 6.35. The van der Waals surface area contributed by atoms with Crippen LogP contribution >= 0.6 is 23.2 Å². The van der Waals surface area contributed by atoms with Gasteiger partial charge in [-0.05, 0) is 48.1 Å². The summed E-state index contributed by atoms with van der Waals surface area (Å²) in [4.78, 5) is 29.5. The summed E-state index contributed by atoms with van der Waals surface area (Å²) in [7, 11) is 0. The fourth-order valence-corrected chi connectivity index (χ4v) is 5.86. The number of nitrogens with one attached hydrogen (secondary N) is 1. The molecule has 0 heterocycles. The van der Waals surface area contributed by atoms with Gasteiger partial charge in [0.05, 0.1) is 0 Å². The summed E-state index contributed by atoms with van der Waals surface area (Å²) >= 11 is 12.7. The molecule has 1 aliphatic carbocycles. The molecule has 4 rings (SSSR count). The zero-order valence-electron chi connectivity index (χ0n) is 21.9. The summed E-state index contributed by atoms with van der Waals surface area (Å²) in [5.41, 5.74) is 2.90. The van der Waals surface area contributed by atoms with E-state index in [1.807, 2.05) is 49.4 Å². The Morgan fingerprint density at radius 1 is 0.895 bits per heavy atom. The molecule has 1 atom stereocenters. The number of benzene rings is 3. The molecule has 0 bridgehead atoms. The molecule has 4 nitrogen and oxygen atoms in total. The van der Waals surface area contributed by atoms with E-state index in [2.05, 4.69) is 29.6 Å². The monoisotopic (exact) mass is 550 g/mol. The predicted molar refractivity (Wildman–Crippen MR) is 155 cm³/mol. The number of carbonyl (C=O) groups excluding carboxylic acids is 2. The fourth-order valence-electron chi connectivity index (χ4n) is 5.39. The molecule has 3 aromatic rings. The standard InChI is InChI=1S/C32H36Cl2N2O2/c1-2-30(32(38)35-27-16-10-5-11-17-27)36(22-25-18-19-26(33)20-29(25)34)31(37)21-28(23-12-6-3-7-13-23)24-14-8-4-9-15-24/h3-4,6-9,12-15,18-20,27-28,30H,2,5,10-11,16-17,21-22H2,1H3,(H,35,38)/t30-/m0/s1. The first-order valence-electron chi connectivity index (χ1n) is 13.6. The summed E-state index contributed by atoms with van der Waals surface area (Å²) in [6.07, 6.45) is 6.19. The lowest BCUT2D eigenvalue weighted by molar-refractivity contribution is -0.142. The summed E-state index contributed by atoms with van der Waals surface area (Å²) < 4.78 is 0. The van der Waals surface area contributed by atoms with Crippen LogP contribution in [0.3, 0.4) is 0 Å². The van der Waals surface area contributed by atoms with Crippen LogP contribution in [-0.4, -0.2) is 28.8 Å². The lowest BCUT2D eigenvalue weighted by atomic mass is 9.88. The number of nitrogens with zero attached hydrogens (tertiary/aromatic N) is 1. The van der Waals surface area contributed by atoms with Gasteiger partial charge in [0.2, 0.25) is 11.8 Å². The average Bonchev–Trinajstić information content (AvgIpc) is 2.94. The Bertz CT molecular complexity index is 1160. The van der Waals surface area contributed by atoms with Crippen LogP contribution in [0.25, 0.3) is 0 Å². The second-order valence-corrected chi connectivity index (χ2v) is 10.9. The highest BCUT2D eigenvalue weighted by Gasteiger charge is 2.32. The Balaban J connectivity index is 1.64. The van der Waals surface area contributed by atoms with Crippen molar-refractivity contribution in [2.75, 3.05) is 0 Å². The largest absolute Gasteiger partial charge is 0.352 e. The van der Waals surface area contributed by atoms with Crippen LogP contribution in [0.1, 0.15) is 74.5 Å². The number of amides is 2. The first-order chi connectivity index (χ1) is 18.5. The van der Waals surface area contributed by atoms with E-state index in [-0.39, 0.29) is 36.7 Å². The number of rotatable bonds is 10. The van der Waals surface area contributed by atoms with E-state index in [0.717, 1.165) is 42.4 Å². The third-order valence-electron chi connectivity index (χ3n) is 7.48. The van der Waals surface area contributed by atoms with Crippen LogP contribution in [0.15, 0.2) is 78.9 Å². The highest BCUT2D eigenvalue weighted by Crippen LogP contribution is 2.31. The van der Waals surface area contributed by atoms with E-state index in [1.165, 1.54) is 6.42 Å². The first kappa shape index (κ1) is 28.2. The van der Waals surface area contributed by atoms with Gasteiger partial charge in [0.25, 0.3) is 0 Å². The molecule has 6 heteroatoms. The topological polar surface area (TPSA) is 49.4 Å². The number of halogens is 2. The molecular weight excluding hydrogens is 515 g/mol. The Kier molecular flexibility index (Phi) is 10.3. The van der Waals surface area contributed by atoms with Gasteiger partial charge in [-0.1, -0.05) is 116 Å². The molecule has 38 heavy (non-hydrogen) atoms. The molecular formula is C32H36Cl2N2O2. The quantitative estimate of drug-likeness (QED) is 0.280. The number of hydrogen-bond acceptors (Lipinski definition) is 2. The van der Waals surface area contributed by atoms with Gasteiger partial charge < -0.3 is 10.2 Å². The minimum absolute atomic E-state index is 0.0839. The van der Waals surface area contributed by atoms with Crippen LogP contribution < -0.4 is 5.32 Å². The van der Waals surface area contributed by atoms with Crippen LogP contribution in [0.5, 0.6) is 0 Å². The zero-order chi connectivity index (χ0) is 26.9. The van der Waals surface area contributed by atoms with Gasteiger partial charge in [-0.25, -0.2) is 0 Å². The summed E-state index contributed by atoms with van der Waals surface area (Å²) in [5, 5.41) is 4.27. The molecule has 1 N–H and O–H groups in total. The Labute approximate surface area is 236 Å². The van der Waals surface area contributed by atoms with Crippen molar-refractivity contribution >= 4 is 35.0 Å². The molecule has 0 radical (unpaired) electrons. The van der Waals surface area contributed by atoms with E-state index in [1.54, 1.807) is 17.0 Å². The Morgan fingerprint density at radius 3 is 2.05 bits per heavy atom. The average molecular weight is 552 g/mol. The lowest BCUT2D eigenvalue weighted by Crippen LogP contribution is -2.51. The Morgan fingerprint density at radius 2 is 1.50 bits per heavy atom. The smallest absolute Gasteiger partial charge is 0.243 e. The number of carbonyl (C=O) groups is 2. The molecule has 0 spiro atoms. The normalized spacial score (nSPS) is 14.7. The molecule has 2 amide bonds. The van der Waals surface area contributed by atoms with Crippen molar-refractivity contribution < 1.29 is 9.59 Å². The molecule has 1 saturated carbocycles. The van der Waals surface area contributed by atoms with E-state index in [9.17, 15) is 9.59 Å². The van der Waals surface area contributed by atoms with Gasteiger partial charge in [0.15, 0.2) is 0 Å². The maximum absolute atomic E-state index is 14.2. The fraction of sp³-hybridized carbons (Fsp3) is 0.375. The molecule has 200 valence electrons. The summed E-state index contributed by atoms with van der Waals surface area (Å²) in [6.45, 7) is 2.20. The van der Waals surface area contributed by atoms with Crippen molar-refractivity contribution in [3.8, 4) is 0 Å². The third kappa shape index (κ3) is 7.39. The van der Waals surface area contributed by atoms with Crippen LogP contribution in [0.4, 0.5) is 0 Å². The third-order valence-corrected chi connectivity index (χ3v) is 8.06. The van der Waals surface area contributed by atoms with E-state index in [0.29, 0.717) is 16.5 Å². The van der Waals surface area contributed by atoms with E-state index < -0.39 is 6.04 Å². The molecule has 0 aliphatic heterocycles. The second-order valence-electron chi connectivity index (χ2n) is 10.1. The molecule has 0 aromatic heterocycles. The van der Waals surface area contributed by atoms with Crippen molar-refractivity contribution in [3.05, 3.63) is 106 Å². The minimum Gasteiger partial charge on any atom is -0.352 e. The molecule has 0 unspecified atom stereocenters. The van der Waals surface area contributed by atoms with Crippen molar-refractivity contribution in [2.24, 2.45) is 0 Å². The van der Waals surface area contributed by atoms with Crippen LogP contribution in [0.2, 0.25) is 10.0 Å². The van der Waals surface area contributed by atoms with Crippen LogP contribution in [-0.2, 0) is 16.1 Å². The molecule has 1 fully saturated rings. The molecule has 1 aliphatic rings. The molecule has 3 aromatic carbocycles. The van der Waals surface area contributed by atoms with E-state index >= 15 is 0 Å². The van der Waals surface area contributed by atoms with Crippen molar-refractivity contribution in [1.29, 1.82) is 0 Å². The predicted octanol–water partition coefficient (Wildman–Crippen LogP) is 7.77. The number of hydrogen-bond donors (Lipinski definition) is 1. The Hall–Kier alpha value is -2.82. The lowest BCUT2D eigenvalue weighted by Gasteiger charge is -2.34. The van der Waals surface area contributed by atoms with Gasteiger partial charge in [0.1, 0.15) is 6.04 Å². The van der Waals surface area contributed by atoms with Gasteiger partial charge >= 0.3 is 0 Å². The summed E-state index contributed by atoms with van der Waals surface area (Å²) in [6, 6.07) is 25.0.